The monoisotopic (exact) mass is 463 g/mol. The summed E-state index contributed by atoms with van der Waals surface area (Å²) in [6.45, 7) is 2.96. The van der Waals surface area contributed by atoms with Crippen LogP contribution in [0.5, 0.6) is 0 Å². The zero-order valence-electron chi connectivity index (χ0n) is 19.2. The maximum absolute atomic E-state index is 13.5. The van der Waals surface area contributed by atoms with Crippen LogP contribution in [0, 0.1) is 28.6 Å². The van der Waals surface area contributed by atoms with Crippen LogP contribution in [0.25, 0.3) is 0 Å². The van der Waals surface area contributed by atoms with E-state index in [0.29, 0.717) is 38.5 Å². The molecule has 3 aliphatic rings. The fourth-order valence-corrected chi connectivity index (χ4v) is 6.05. The van der Waals surface area contributed by atoms with Crippen molar-refractivity contribution < 1.29 is 22.7 Å². The van der Waals surface area contributed by atoms with Crippen molar-refractivity contribution in [1.29, 1.82) is 5.26 Å². The molecule has 0 spiro atoms. The summed E-state index contributed by atoms with van der Waals surface area (Å²) in [5, 5.41) is 9.11. The van der Waals surface area contributed by atoms with Gasteiger partial charge in [0.25, 0.3) is 0 Å². The smallest absolute Gasteiger partial charge is 0.384 e. The number of carbonyl (C=O) groups excluding carboxylic acids is 1. The maximum atomic E-state index is 13.5. The third kappa shape index (κ3) is 4.84. The van der Waals surface area contributed by atoms with Crippen molar-refractivity contribution >= 4 is 11.6 Å². The quantitative estimate of drug-likeness (QED) is 0.599. The minimum atomic E-state index is -4.58. The van der Waals surface area contributed by atoms with Crippen molar-refractivity contribution in [2.24, 2.45) is 17.3 Å². The molecule has 0 aromatic heterocycles. The Bertz CT molecular complexity index is 905. The molecule has 1 aromatic carbocycles. The number of fused-ring (bicyclic) bond motifs is 1. The highest BCUT2D eigenvalue weighted by Crippen LogP contribution is 2.46. The van der Waals surface area contributed by atoms with Crippen molar-refractivity contribution in [1.82, 2.24) is 4.90 Å². The molecular weight excluding hydrogens is 431 g/mol. The molecule has 4 rings (SSSR count). The molecule has 1 aromatic rings. The fraction of sp³-hybridized carbons (Fsp3) is 0.680. The highest BCUT2D eigenvalue weighted by atomic mass is 19.4. The Balaban J connectivity index is 1.54. The standard InChI is InChI=1S/C25H32F3N3O2/c1-33-17-24-10-11-30(23(32)18-6-4-2-3-5-7-18)14-20(24)15-31(16-24)21-9-8-19(13-29)22(12-21)25(26,27)28/h8-9,12,18,20H,2-7,10-11,14-17H2,1H3/t20-,24+/m1/s1. The maximum Gasteiger partial charge on any atom is 0.417 e. The molecule has 0 unspecified atom stereocenters. The first-order valence-corrected chi connectivity index (χ1v) is 11.9. The van der Waals surface area contributed by atoms with Gasteiger partial charge in [0.1, 0.15) is 0 Å². The normalized spacial score (nSPS) is 26.6. The van der Waals surface area contributed by atoms with E-state index in [4.69, 9.17) is 10.00 Å². The Labute approximate surface area is 193 Å². The van der Waals surface area contributed by atoms with E-state index >= 15 is 0 Å². The van der Waals surface area contributed by atoms with E-state index in [2.05, 4.69) is 0 Å². The molecule has 180 valence electrons. The number of rotatable bonds is 4. The second-order valence-electron chi connectivity index (χ2n) is 9.94. The van der Waals surface area contributed by atoms with Crippen molar-refractivity contribution in [2.75, 3.05) is 44.8 Å². The minimum absolute atomic E-state index is 0.104. The number of carbonyl (C=O) groups is 1. The van der Waals surface area contributed by atoms with Gasteiger partial charge in [0.2, 0.25) is 5.91 Å². The third-order valence-electron chi connectivity index (χ3n) is 7.87. The summed E-state index contributed by atoms with van der Waals surface area (Å²) >= 11 is 0. The van der Waals surface area contributed by atoms with Gasteiger partial charge in [-0.15, -0.1) is 0 Å². The number of ether oxygens (including phenoxy) is 1. The first kappa shape index (κ1) is 23.9. The van der Waals surface area contributed by atoms with Crippen LogP contribution in [0.2, 0.25) is 0 Å². The van der Waals surface area contributed by atoms with Gasteiger partial charge in [0.15, 0.2) is 0 Å². The Morgan fingerprint density at radius 2 is 1.94 bits per heavy atom. The van der Waals surface area contributed by atoms with Crippen LogP contribution in [0.4, 0.5) is 18.9 Å². The summed E-state index contributed by atoms with van der Waals surface area (Å²) in [4.78, 5) is 17.2. The molecule has 33 heavy (non-hydrogen) atoms. The number of alkyl halides is 3. The number of halogens is 3. The van der Waals surface area contributed by atoms with Crippen molar-refractivity contribution in [3.8, 4) is 6.07 Å². The van der Waals surface area contributed by atoms with E-state index in [1.54, 1.807) is 19.2 Å². The lowest BCUT2D eigenvalue weighted by atomic mass is 9.73. The highest BCUT2D eigenvalue weighted by molar-refractivity contribution is 5.79. The van der Waals surface area contributed by atoms with Crippen LogP contribution in [-0.4, -0.2) is 50.7 Å². The lowest BCUT2D eigenvalue weighted by Crippen LogP contribution is -2.52. The van der Waals surface area contributed by atoms with Gasteiger partial charge in [-0.3, -0.25) is 4.79 Å². The lowest BCUT2D eigenvalue weighted by Gasteiger charge is -2.43. The van der Waals surface area contributed by atoms with Crippen LogP contribution < -0.4 is 4.90 Å². The van der Waals surface area contributed by atoms with Gasteiger partial charge in [0.05, 0.1) is 23.8 Å². The first-order chi connectivity index (χ1) is 15.8. The van der Waals surface area contributed by atoms with Gasteiger partial charge >= 0.3 is 6.18 Å². The predicted molar refractivity (Wildman–Crippen MR) is 119 cm³/mol. The lowest BCUT2D eigenvalue weighted by molar-refractivity contribution is -0.140. The summed E-state index contributed by atoms with van der Waals surface area (Å²) in [6, 6.07) is 5.59. The molecule has 1 aliphatic carbocycles. The topological polar surface area (TPSA) is 56.6 Å². The van der Waals surface area contributed by atoms with Crippen molar-refractivity contribution in [3.05, 3.63) is 29.3 Å². The SMILES string of the molecule is COC[C@@]12CCN(C(=O)C3CCCCCC3)C[C@@H]1CN(c1ccc(C#N)c(C(F)(F)F)c1)C2. The van der Waals surface area contributed by atoms with Crippen LogP contribution in [-0.2, 0) is 15.7 Å². The molecule has 2 atom stereocenters. The average molecular weight is 464 g/mol. The molecule has 2 saturated heterocycles. The van der Waals surface area contributed by atoms with Gasteiger partial charge in [-0.1, -0.05) is 25.7 Å². The number of amides is 1. The average Bonchev–Trinajstić information content (AvgIpc) is 2.96. The molecule has 0 radical (unpaired) electrons. The zero-order chi connectivity index (χ0) is 23.6. The fourth-order valence-electron chi connectivity index (χ4n) is 6.05. The number of likely N-dealkylation sites (tertiary alicyclic amines) is 1. The van der Waals surface area contributed by atoms with Gasteiger partial charge < -0.3 is 14.5 Å². The number of nitrogens with zero attached hydrogens (tertiary/aromatic N) is 3. The Morgan fingerprint density at radius 1 is 1.21 bits per heavy atom. The van der Waals surface area contributed by atoms with Crippen LogP contribution in [0.3, 0.4) is 0 Å². The number of piperidine rings is 1. The van der Waals surface area contributed by atoms with E-state index in [1.807, 2.05) is 9.80 Å². The summed E-state index contributed by atoms with van der Waals surface area (Å²) in [7, 11) is 1.65. The highest BCUT2D eigenvalue weighted by Gasteiger charge is 2.51. The number of methoxy groups -OCH3 is 1. The van der Waals surface area contributed by atoms with Crippen molar-refractivity contribution in [2.45, 2.75) is 51.1 Å². The van der Waals surface area contributed by atoms with E-state index in [-0.39, 0.29) is 28.7 Å². The van der Waals surface area contributed by atoms with Crippen LogP contribution >= 0.6 is 0 Å². The number of benzene rings is 1. The van der Waals surface area contributed by atoms with Crippen LogP contribution in [0.15, 0.2) is 18.2 Å². The second kappa shape index (κ2) is 9.54. The minimum Gasteiger partial charge on any atom is -0.384 e. The molecule has 3 fully saturated rings. The molecule has 0 bridgehead atoms. The number of anilines is 1. The van der Waals surface area contributed by atoms with Gasteiger partial charge in [0, 0.05) is 56.2 Å². The Morgan fingerprint density at radius 3 is 2.58 bits per heavy atom. The zero-order valence-corrected chi connectivity index (χ0v) is 19.2. The largest absolute Gasteiger partial charge is 0.417 e. The number of hydrogen-bond donors (Lipinski definition) is 0. The number of nitriles is 1. The molecule has 8 heteroatoms. The number of hydrogen-bond acceptors (Lipinski definition) is 4. The van der Waals surface area contributed by atoms with E-state index in [1.165, 1.54) is 18.9 Å². The van der Waals surface area contributed by atoms with Gasteiger partial charge in [-0.25, -0.2) is 0 Å². The molecule has 2 aliphatic heterocycles. The van der Waals surface area contributed by atoms with Crippen LogP contribution in [0.1, 0.15) is 56.1 Å². The first-order valence-electron chi connectivity index (χ1n) is 11.9. The Hall–Kier alpha value is -2.27. The molecular formula is C25H32F3N3O2. The molecule has 5 nitrogen and oxygen atoms in total. The second-order valence-corrected chi connectivity index (χ2v) is 9.94. The van der Waals surface area contributed by atoms with Gasteiger partial charge in [-0.2, -0.15) is 18.4 Å². The summed E-state index contributed by atoms with van der Waals surface area (Å²) in [6.07, 6.45) is 2.72. The van der Waals surface area contributed by atoms with E-state index in [9.17, 15) is 18.0 Å². The molecule has 1 saturated carbocycles. The third-order valence-corrected chi connectivity index (χ3v) is 7.87. The molecule has 1 amide bonds. The molecule has 2 heterocycles. The van der Waals surface area contributed by atoms with Gasteiger partial charge in [-0.05, 0) is 37.5 Å². The van der Waals surface area contributed by atoms with E-state index in [0.717, 1.165) is 38.2 Å². The van der Waals surface area contributed by atoms with Crippen molar-refractivity contribution in [3.63, 3.8) is 0 Å². The van der Waals surface area contributed by atoms with E-state index < -0.39 is 11.7 Å². The predicted octanol–water partition coefficient (Wildman–Crippen LogP) is 4.85. The summed E-state index contributed by atoms with van der Waals surface area (Å²) < 4.78 is 46.1. The summed E-state index contributed by atoms with van der Waals surface area (Å²) in [5.74, 6) is 0.484. The summed E-state index contributed by atoms with van der Waals surface area (Å²) in [5.41, 5.74) is -0.993. The Kier molecular flexibility index (Phi) is 6.90. The molecule has 0 N–H and O–H groups in total.